The average molecular weight is 324 g/mol. The second-order valence-corrected chi connectivity index (χ2v) is 5.41. The number of phosphoric acid groups is 2. The van der Waals surface area contributed by atoms with E-state index in [4.69, 9.17) is 25.0 Å². The molecular formula is C6H14O11P2. The summed E-state index contributed by atoms with van der Waals surface area (Å²) in [5, 5.41) is 15.6. The average Bonchev–Trinajstić information content (AvgIpc) is 2.14. The van der Waals surface area contributed by atoms with Crippen LogP contribution in [0.25, 0.3) is 0 Å². The molecule has 0 aromatic heterocycles. The van der Waals surface area contributed by atoms with Crippen LogP contribution in [0.3, 0.4) is 0 Å². The number of carboxylic acids is 1. The van der Waals surface area contributed by atoms with Gasteiger partial charge in [-0.2, -0.15) is 0 Å². The van der Waals surface area contributed by atoms with E-state index in [-0.39, 0.29) is 5.57 Å². The molecule has 0 heterocycles. The van der Waals surface area contributed by atoms with Gasteiger partial charge in [0.2, 0.25) is 0 Å². The van der Waals surface area contributed by atoms with Crippen molar-refractivity contribution in [3.63, 3.8) is 0 Å². The third kappa shape index (κ3) is 15.3. The van der Waals surface area contributed by atoms with Gasteiger partial charge < -0.3 is 19.8 Å². The van der Waals surface area contributed by atoms with Gasteiger partial charge >= 0.3 is 21.6 Å². The molecule has 2 atom stereocenters. The van der Waals surface area contributed by atoms with E-state index in [0.29, 0.717) is 0 Å². The summed E-state index contributed by atoms with van der Waals surface area (Å²) in [7, 11) is -9.54. The quantitative estimate of drug-likeness (QED) is 0.152. The second kappa shape index (κ2) is 8.54. The minimum absolute atomic E-state index is 0.176. The van der Waals surface area contributed by atoms with E-state index in [1.54, 1.807) is 0 Å². The molecule has 11 nitrogen and oxygen atoms in total. The van der Waals surface area contributed by atoms with E-state index in [1.807, 2.05) is 0 Å². The summed E-state index contributed by atoms with van der Waals surface area (Å²) < 4.78 is 31.2. The topological polar surface area (TPSA) is 180 Å². The van der Waals surface area contributed by atoms with Crippen LogP contribution < -0.4 is 0 Å². The first-order valence-electron chi connectivity index (χ1n) is 4.28. The fraction of sp³-hybridized carbons (Fsp3) is 0.500. The third-order valence-electron chi connectivity index (χ3n) is 1.04. The van der Waals surface area contributed by atoms with Crippen LogP contribution in [0.2, 0.25) is 0 Å². The summed E-state index contributed by atoms with van der Waals surface area (Å²) in [6, 6.07) is 0. The molecule has 0 saturated carbocycles. The van der Waals surface area contributed by atoms with Gasteiger partial charge in [-0.15, -0.1) is 4.67 Å². The molecule has 0 rings (SSSR count). The minimum atomic E-state index is -4.81. The molecule has 0 aliphatic heterocycles. The largest absolute Gasteiger partial charge is 0.501 e. The molecule has 114 valence electrons. The van der Waals surface area contributed by atoms with Crippen molar-refractivity contribution in [2.45, 2.75) is 20.1 Å². The van der Waals surface area contributed by atoms with Crippen LogP contribution in [0, 0.1) is 0 Å². The second-order valence-electron chi connectivity index (χ2n) is 2.90. The van der Waals surface area contributed by atoms with Crippen LogP contribution >= 0.6 is 15.6 Å². The lowest BCUT2D eigenvalue weighted by atomic mass is 10.4. The van der Waals surface area contributed by atoms with Gasteiger partial charge in [0.05, 0.1) is 0 Å². The molecule has 0 spiro atoms. The van der Waals surface area contributed by atoms with E-state index in [1.165, 1.54) is 6.92 Å². The van der Waals surface area contributed by atoms with Crippen molar-refractivity contribution in [1.82, 2.24) is 0 Å². The zero-order chi connectivity index (χ0) is 15.9. The summed E-state index contributed by atoms with van der Waals surface area (Å²) in [6.45, 7) is 5.53. The standard InChI is InChI=1S/C4H6O2.C2H8O9P2/c1-3(2)4(5)6;1-2(9-12(4,5)6)10-13(7,8)11-3/h1H2,2H3,(H,5,6);2-3H,1H3,(H,7,8)(H2,4,5,6). The number of phosphoric ester groups is 2. The molecule has 0 aromatic carbocycles. The highest BCUT2D eigenvalue weighted by atomic mass is 31.2. The highest BCUT2D eigenvalue weighted by molar-refractivity contribution is 7.47. The first-order chi connectivity index (χ1) is 8.30. The fourth-order valence-electron chi connectivity index (χ4n) is 0.419. The molecule has 0 radical (unpaired) electrons. The van der Waals surface area contributed by atoms with Crippen molar-refractivity contribution in [2.24, 2.45) is 0 Å². The van der Waals surface area contributed by atoms with Crippen molar-refractivity contribution in [2.75, 3.05) is 0 Å². The smallest absolute Gasteiger partial charge is 0.478 e. The Morgan fingerprint density at radius 2 is 1.58 bits per heavy atom. The fourth-order valence-corrected chi connectivity index (χ4v) is 1.37. The Morgan fingerprint density at radius 1 is 1.21 bits per heavy atom. The van der Waals surface area contributed by atoms with E-state index in [0.717, 1.165) is 6.92 Å². The summed E-state index contributed by atoms with van der Waals surface area (Å²) in [5.74, 6) is -0.935. The predicted octanol–water partition coefficient (Wildman–Crippen LogP) is 0.695. The highest BCUT2D eigenvalue weighted by Crippen LogP contribution is 2.46. The monoisotopic (exact) mass is 324 g/mol. The summed E-state index contributed by atoms with van der Waals surface area (Å²) in [5.41, 5.74) is 0.176. The van der Waals surface area contributed by atoms with E-state index >= 15 is 0 Å². The molecule has 0 bridgehead atoms. The van der Waals surface area contributed by atoms with Crippen molar-refractivity contribution < 1.29 is 52.7 Å². The van der Waals surface area contributed by atoms with Crippen LogP contribution in [0.1, 0.15) is 13.8 Å². The van der Waals surface area contributed by atoms with Crippen LogP contribution in [0.15, 0.2) is 12.2 Å². The van der Waals surface area contributed by atoms with Gasteiger partial charge in [0.1, 0.15) is 0 Å². The third-order valence-corrected chi connectivity index (χ3v) is 2.38. The Kier molecular flexibility index (Phi) is 9.30. The van der Waals surface area contributed by atoms with E-state index in [2.05, 4.69) is 20.3 Å². The Labute approximate surface area is 107 Å². The Morgan fingerprint density at radius 3 is 1.79 bits per heavy atom. The number of carbonyl (C=O) groups is 1. The first kappa shape index (κ1) is 20.7. The van der Waals surface area contributed by atoms with Crippen LogP contribution in [-0.2, 0) is 27.6 Å². The van der Waals surface area contributed by atoms with Gasteiger partial charge in [0.25, 0.3) is 0 Å². The highest BCUT2D eigenvalue weighted by Gasteiger charge is 2.29. The molecule has 0 saturated heterocycles. The first-order valence-corrected chi connectivity index (χ1v) is 7.30. The van der Waals surface area contributed by atoms with Crippen molar-refractivity contribution in [1.29, 1.82) is 0 Å². The van der Waals surface area contributed by atoms with Gasteiger partial charge in [0, 0.05) is 5.57 Å². The zero-order valence-electron chi connectivity index (χ0n) is 9.86. The number of rotatable bonds is 6. The van der Waals surface area contributed by atoms with Gasteiger partial charge in [-0.3, -0.25) is 9.05 Å². The molecule has 2 unspecified atom stereocenters. The molecule has 0 aliphatic carbocycles. The summed E-state index contributed by atoms with van der Waals surface area (Å²) in [6.07, 6.45) is -1.70. The molecule has 5 N–H and O–H groups in total. The lowest BCUT2D eigenvalue weighted by Crippen LogP contribution is -2.10. The SMILES string of the molecule is C=C(C)C(=O)O.CC(OP(=O)(O)O)OP(=O)(O)OO. The molecule has 0 amide bonds. The maximum Gasteiger partial charge on any atom is 0.501 e. The van der Waals surface area contributed by atoms with Gasteiger partial charge in [-0.25, -0.2) is 19.2 Å². The molecule has 0 aromatic rings. The molecule has 0 fully saturated rings. The maximum absolute atomic E-state index is 10.4. The van der Waals surface area contributed by atoms with E-state index in [9.17, 15) is 13.9 Å². The number of hydrogen-bond donors (Lipinski definition) is 5. The Balaban J connectivity index is 0. The normalized spacial score (nSPS) is 15.7. The lowest BCUT2D eigenvalue weighted by molar-refractivity contribution is -0.173. The van der Waals surface area contributed by atoms with Gasteiger partial charge in [-0.05, 0) is 13.8 Å². The summed E-state index contributed by atoms with van der Waals surface area (Å²) >= 11 is 0. The van der Waals surface area contributed by atoms with Gasteiger partial charge in [-0.1, -0.05) is 6.58 Å². The summed E-state index contributed by atoms with van der Waals surface area (Å²) in [4.78, 5) is 34.4. The van der Waals surface area contributed by atoms with E-state index < -0.39 is 27.9 Å². The van der Waals surface area contributed by atoms with Gasteiger partial charge in [0.15, 0.2) is 6.29 Å². The Hall–Kier alpha value is -0.610. The molecule has 0 aliphatic rings. The van der Waals surface area contributed by atoms with Crippen LogP contribution in [0.5, 0.6) is 0 Å². The number of hydrogen-bond acceptors (Lipinski definition) is 7. The van der Waals surface area contributed by atoms with Crippen molar-refractivity contribution in [3.05, 3.63) is 12.2 Å². The Bertz CT molecular complexity index is 386. The van der Waals surface area contributed by atoms with Crippen molar-refractivity contribution in [3.8, 4) is 0 Å². The number of aliphatic carboxylic acids is 1. The lowest BCUT2D eigenvalue weighted by Gasteiger charge is -2.15. The van der Waals surface area contributed by atoms with Crippen molar-refractivity contribution >= 4 is 21.6 Å². The zero-order valence-corrected chi connectivity index (χ0v) is 11.7. The number of carboxylic acid groups (broad SMARTS) is 1. The van der Waals surface area contributed by atoms with Crippen LogP contribution in [0.4, 0.5) is 0 Å². The molecular weight excluding hydrogens is 310 g/mol. The molecule has 19 heavy (non-hydrogen) atoms. The molecule has 13 heteroatoms. The predicted molar refractivity (Wildman–Crippen MR) is 59.7 cm³/mol. The maximum atomic E-state index is 10.4. The van der Waals surface area contributed by atoms with Crippen LogP contribution in [-0.4, -0.2) is 37.3 Å². The minimum Gasteiger partial charge on any atom is -0.478 e.